The second kappa shape index (κ2) is 14.6. The zero-order valence-corrected chi connectivity index (χ0v) is 26.4. The van der Waals surface area contributed by atoms with E-state index in [2.05, 4.69) is 22.1 Å². The number of carbonyl (C=O) groups is 1. The Balaban J connectivity index is 1.14. The quantitative estimate of drug-likeness (QED) is 0.194. The lowest BCUT2D eigenvalue weighted by Crippen LogP contribution is -2.47. The van der Waals surface area contributed by atoms with E-state index in [-0.39, 0.29) is 11.2 Å². The maximum absolute atomic E-state index is 14.7. The SMILES string of the molecule is CCc1cc(Nc2cc(=O)n(CCCCCN3CCN(c4cc(=O)c(C(=O)O)cn4-c4ccc(F)cc4F)CC3)c(=O)[nH]2)ccc1C. The van der Waals surface area contributed by atoms with Crippen molar-refractivity contribution in [3.8, 4) is 5.69 Å². The molecule has 0 amide bonds. The van der Waals surface area contributed by atoms with Crippen LogP contribution in [0.4, 0.5) is 26.1 Å². The summed E-state index contributed by atoms with van der Waals surface area (Å²) >= 11 is 0. The number of aromatic nitrogens is 3. The van der Waals surface area contributed by atoms with E-state index in [9.17, 15) is 33.1 Å². The highest BCUT2D eigenvalue weighted by atomic mass is 19.1. The van der Waals surface area contributed by atoms with Crippen molar-refractivity contribution in [2.45, 2.75) is 46.1 Å². The average molecular weight is 649 g/mol. The lowest BCUT2D eigenvalue weighted by molar-refractivity contribution is 0.0694. The highest BCUT2D eigenvalue weighted by Crippen LogP contribution is 2.24. The molecular weight excluding hydrogens is 610 g/mol. The molecule has 11 nitrogen and oxygen atoms in total. The molecule has 3 heterocycles. The summed E-state index contributed by atoms with van der Waals surface area (Å²) in [5, 5.41) is 12.6. The van der Waals surface area contributed by atoms with E-state index in [1.54, 1.807) is 0 Å². The van der Waals surface area contributed by atoms with Crippen LogP contribution in [-0.2, 0) is 13.0 Å². The van der Waals surface area contributed by atoms with Crippen LogP contribution in [0.2, 0.25) is 0 Å². The number of aromatic carboxylic acids is 1. The molecule has 0 atom stereocenters. The summed E-state index contributed by atoms with van der Waals surface area (Å²) in [6.07, 6.45) is 4.26. The molecule has 0 aliphatic carbocycles. The number of hydrogen-bond acceptors (Lipinski definition) is 7. The second-order valence-corrected chi connectivity index (χ2v) is 11.7. The first-order valence-electron chi connectivity index (χ1n) is 15.7. The Morgan fingerprint density at radius 2 is 1.68 bits per heavy atom. The average Bonchev–Trinajstić information content (AvgIpc) is 3.03. The fourth-order valence-electron chi connectivity index (χ4n) is 5.86. The van der Waals surface area contributed by atoms with Crippen LogP contribution in [-0.4, -0.2) is 62.8 Å². The number of unbranched alkanes of at least 4 members (excludes halogenated alkanes) is 2. The van der Waals surface area contributed by atoms with E-state index in [1.165, 1.54) is 38.5 Å². The Morgan fingerprint density at radius 3 is 2.36 bits per heavy atom. The molecule has 4 aromatic rings. The van der Waals surface area contributed by atoms with E-state index in [4.69, 9.17) is 0 Å². The molecule has 5 rings (SSSR count). The third kappa shape index (κ3) is 7.86. The third-order valence-electron chi connectivity index (χ3n) is 8.51. The largest absolute Gasteiger partial charge is 0.477 e. The van der Waals surface area contributed by atoms with Gasteiger partial charge in [0.15, 0.2) is 5.43 Å². The van der Waals surface area contributed by atoms with Crippen molar-refractivity contribution in [2.75, 3.05) is 42.9 Å². The number of hydrogen-bond donors (Lipinski definition) is 3. The number of pyridine rings is 1. The molecule has 47 heavy (non-hydrogen) atoms. The lowest BCUT2D eigenvalue weighted by atomic mass is 10.1. The topological polar surface area (TPSA) is 133 Å². The minimum absolute atomic E-state index is 0.0630. The summed E-state index contributed by atoms with van der Waals surface area (Å²) in [7, 11) is 0. The number of aryl methyl sites for hydroxylation is 2. The predicted molar refractivity (Wildman–Crippen MR) is 177 cm³/mol. The predicted octanol–water partition coefficient (Wildman–Crippen LogP) is 4.27. The Hall–Kier alpha value is -5.04. The Labute approximate surface area is 269 Å². The van der Waals surface area contributed by atoms with Crippen molar-refractivity contribution in [1.29, 1.82) is 0 Å². The van der Waals surface area contributed by atoms with Crippen molar-refractivity contribution in [2.24, 2.45) is 0 Å². The van der Waals surface area contributed by atoms with Crippen LogP contribution >= 0.6 is 0 Å². The van der Waals surface area contributed by atoms with Crippen LogP contribution in [0, 0.1) is 18.6 Å². The number of carboxylic acid groups (broad SMARTS) is 1. The Morgan fingerprint density at radius 1 is 0.936 bits per heavy atom. The number of nitrogens with zero attached hydrogens (tertiary/aromatic N) is 4. The highest BCUT2D eigenvalue weighted by molar-refractivity contribution is 5.87. The van der Waals surface area contributed by atoms with Gasteiger partial charge in [0.2, 0.25) is 0 Å². The molecule has 1 aliphatic rings. The maximum atomic E-state index is 14.7. The van der Waals surface area contributed by atoms with E-state index >= 15 is 0 Å². The molecule has 1 saturated heterocycles. The van der Waals surface area contributed by atoms with Crippen LogP contribution in [0.5, 0.6) is 0 Å². The molecule has 0 saturated carbocycles. The fourth-order valence-corrected chi connectivity index (χ4v) is 5.86. The summed E-state index contributed by atoms with van der Waals surface area (Å²) in [6.45, 7) is 7.50. The zero-order valence-electron chi connectivity index (χ0n) is 26.4. The lowest BCUT2D eigenvalue weighted by Gasteiger charge is -2.37. The van der Waals surface area contributed by atoms with Crippen LogP contribution in [0.3, 0.4) is 0 Å². The van der Waals surface area contributed by atoms with Gasteiger partial charge in [0, 0.05) is 62.8 Å². The van der Waals surface area contributed by atoms with Crippen LogP contribution in [0.1, 0.15) is 47.7 Å². The number of piperazine rings is 1. The zero-order chi connectivity index (χ0) is 33.7. The van der Waals surface area contributed by atoms with Crippen molar-refractivity contribution < 1.29 is 18.7 Å². The van der Waals surface area contributed by atoms with Crippen molar-refractivity contribution >= 4 is 23.3 Å². The number of H-pyrrole nitrogens is 1. The minimum atomic E-state index is -1.44. The van der Waals surface area contributed by atoms with Gasteiger partial charge in [0.05, 0.1) is 5.69 Å². The molecule has 0 radical (unpaired) electrons. The summed E-state index contributed by atoms with van der Waals surface area (Å²) in [5.41, 5.74) is 1.06. The molecule has 1 aliphatic heterocycles. The monoisotopic (exact) mass is 648 g/mol. The maximum Gasteiger partial charge on any atom is 0.341 e. The van der Waals surface area contributed by atoms with E-state index in [0.29, 0.717) is 56.8 Å². The number of nitrogens with one attached hydrogen (secondary N) is 2. The second-order valence-electron chi connectivity index (χ2n) is 11.7. The number of anilines is 3. The van der Waals surface area contributed by atoms with E-state index in [0.717, 1.165) is 43.8 Å². The molecule has 0 unspecified atom stereocenters. The molecule has 2 aromatic heterocycles. The smallest absolute Gasteiger partial charge is 0.341 e. The van der Waals surface area contributed by atoms with Gasteiger partial charge < -0.3 is 15.3 Å². The molecule has 13 heteroatoms. The van der Waals surface area contributed by atoms with Crippen LogP contribution in [0.15, 0.2) is 69.1 Å². The van der Waals surface area contributed by atoms with Crippen molar-refractivity contribution in [3.63, 3.8) is 0 Å². The number of benzene rings is 2. The number of halogens is 2. The van der Waals surface area contributed by atoms with Gasteiger partial charge in [0.25, 0.3) is 5.56 Å². The van der Waals surface area contributed by atoms with Gasteiger partial charge in [-0.15, -0.1) is 0 Å². The molecular formula is C34H38F2N6O5. The molecule has 1 fully saturated rings. The molecule has 3 N–H and O–H groups in total. The van der Waals surface area contributed by atoms with Crippen LogP contribution < -0.4 is 26.9 Å². The Bertz CT molecular complexity index is 1910. The first kappa shape index (κ1) is 33.3. The van der Waals surface area contributed by atoms with Gasteiger partial charge in [-0.3, -0.25) is 28.6 Å². The molecule has 248 valence electrons. The molecule has 0 bridgehead atoms. The Kier molecular flexibility index (Phi) is 10.3. The molecule has 0 spiro atoms. The van der Waals surface area contributed by atoms with Gasteiger partial charge in [0.1, 0.15) is 28.8 Å². The van der Waals surface area contributed by atoms with Crippen molar-refractivity contribution in [1.82, 2.24) is 19.0 Å². The van der Waals surface area contributed by atoms with Gasteiger partial charge in [-0.25, -0.2) is 18.4 Å². The van der Waals surface area contributed by atoms with Gasteiger partial charge in [-0.2, -0.15) is 0 Å². The van der Waals surface area contributed by atoms with E-state index in [1.807, 2.05) is 30.0 Å². The molecule has 2 aromatic carbocycles. The van der Waals surface area contributed by atoms with Gasteiger partial charge in [-0.05, 0) is 68.1 Å². The standard InChI is InChI=1S/C34H38F2N6O5/c1-3-23-17-25(9-7-22(23)2)37-30-20-32(44)41(34(47)38-30)12-6-4-5-11-39-13-15-40(16-14-39)31-19-29(43)26(33(45)46)21-42(31)28-10-8-24(35)18-27(28)36/h7-10,17-21,37H,3-6,11-16H2,1-2H3,(H,38,47)(H,45,46). The first-order chi connectivity index (χ1) is 22.5. The van der Waals surface area contributed by atoms with Gasteiger partial charge in [-0.1, -0.05) is 19.4 Å². The summed E-state index contributed by atoms with van der Waals surface area (Å²) in [5.74, 6) is -2.41. The number of aromatic amines is 1. The summed E-state index contributed by atoms with van der Waals surface area (Å²) in [6, 6.07) is 11.5. The normalized spacial score (nSPS) is 13.6. The fraction of sp³-hybridized carbons (Fsp3) is 0.353. The number of carboxylic acids is 1. The van der Waals surface area contributed by atoms with Crippen LogP contribution in [0.25, 0.3) is 5.69 Å². The summed E-state index contributed by atoms with van der Waals surface area (Å²) in [4.78, 5) is 56.4. The van der Waals surface area contributed by atoms with Gasteiger partial charge >= 0.3 is 11.7 Å². The number of rotatable bonds is 12. The first-order valence-corrected chi connectivity index (χ1v) is 15.7. The van der Waals surface area contributed by atoms with Crippen molar-refractivity contribution in [3.05, 3.63) is 114 Å². The summed E-state index contributed by atoms with van der Waals surface area (Å²) < 4.78 is 30.8. The van der Waals surface area contributed by atoms with E-state index < -0.39 is 34.3 Å². The highest BCUT2D eigenvalue weighted by Gasteiger charge is 2.23. The minimum Gasteiger partial charge on any atom is -0.477 e. The third-order valence-corrected chi connectivity index (χ3v) is 8.51.